The van der Waals surface area contributed by atoms with Crippen LogP contribution in [-0.4, -0.2) is 0 Å². The van der Waals surface area contributed by atoms with Crippen molar-refractivity contribution in [3.63, 3.8) is 0 Å². The van der Waals surface area contributed by atoms with Gasteiger partial charge in [-0.25, -0.2) is 0 Å². The highest BCUT2D eigenvalue weighted by Crippen LogP contribution is 2.21. The molecule has 0 saturated carbocycles. The maximum Gasteiger partial charge on any atom is -0.0322 e. The Hall–Kier alpha value is -0.260. The van der Waals surface area contributed by atoms with Crippen molar-refractivity contribution < 1.29 is 0 Å². The predicted octanol–water partition coefficient (Wildman–Crippen LogP) is 8.09. The summed E-state index contributed by atoms with van der Waals surface area (Å²) in [7, 11) is 0. The number of allylic oxidation sites excluding steroid dienone is 2. The summed E-state index contributed by atoms with van der Waals surface area (Å²) in [5, 5.41) is 0. The Morgan fingerprint density at radius 3 is 1.95 bits per heavy atom. The first-order valence-corrected chi connectivity index (χ1v) is 10.1. The van der Waals surface area contributed by atoms with Crippen molar-refractivity contribution in [2.75, 3.05) is 0 Å². The molecule has 130 valence electrons. The van der Waals surface area contributed by atoms with Gasteiger partial charge in [-0.05, 0) is 25.2 Å². The fourth-order valence-corrected chi connectivity index (χ4v) is 3.04. The van der Waals surface area contributed by atoms with Crippen LogP contribution in [0.1, 0.15) is 110 Å². The third kappa shape index (κ3) is 16.1. The van der Waals surface area contributed by atoms with E-state index in [0.717, 1.165) is 18.8 Å². The van der Waals surface area contributed by atoms with Gasteiger partial charge in [-0.1, -0.05) is 116 Å². The highest BCUT2D eigenvalue weighted by atomic mass is 14.1. The molecule has 0 saturated heterocycles. The molecule has 0 aliphatic carbocycles. The van der Waals surface area contributed by atoms with E-state index in [4.69, 9.17) is 0 Å². The van der Waals surface area contributed by atoms with E-state index in [2.05, 4.69) is 32.9 Å². The number of hydrogen-bond acceptors (Lipinski definition) is 0. The van der Waals surface area contributed by atoms with Gasteiger partial charge in [0.05, 0.1) is 0 Å². The van der Waals surface area contributed by atoms with Gasteiger partial charge < -0.3 is 0 Å². The quantitative estimate of drug-likeness (QED) is 0.188. The standard InChI is InChI=1S/C22H42/c1-4-7-10-12-14-16-18-21-22(19-9-6-3)20-17-15-13-11-8-5-2/h16,18,22H,1-2,4-15,17,19-21H2,3H3. The van der Waals surface area contributed by atoms with E-state index >= 15 is 0 Å². The fraction of sp³-hybridized carbons (Fsp3) is 0.818. The van der Waals surface area contributed by atoms with Crippen LogP contribution >= 0.6 is 0 Å². The van der Waals surface area contributed by atoms with E-state index in [1.54, 1.807) is 0 Å². The van der Waals surface area contributed by atoms with Crippen molar-refractivity contribution in [1.29, 1.82) is 0 Å². The lowest BCUT2D eigenvalue weighted by Gasteiger charge is -2.14. The van der Waals surface area contributed by atoms with Crippen LogP contribution in [0.3, 0.4) is 0 Å². The van der Waals surface area contributed by atoms with Crippen molar-refractivity contribution >= 4 is 0 Å². The molecule has 0 aromatic heterocycles. The van der Waals surface area contributed by atoms with Gasteiger partial charge in [-0.3, -0.25) is 0 Å². The molecule has 0 rings (SSSR count). The van der Waals surface area contributed by atoms with Crippen LogP contribution in [0.4, 0.5) is 0 Å². The molecule has 0 aromatic rings. The molecular weight excluding hydrogens is 264 g/mol. The topological polar surface area (TPSA) is 0 Å². The maximum absolute atomic E-state index is 3.92. The molecule has 0 aliphatic rings. The summed E-state index contributed by atoms with van der Waals surface area (Å²) >= 11 is 0. The van der Waals surface area contributed by atoms with E-state index < -0.39 is 0 Å². The second kappa shape index (κ2) is 18.8. The van der Waals surface area contributed by atoms with Crippen LogP contribution in [-0.2, 0) is 0 Å². The molecule has 0 aromatic carbocycles. The molecule has 0 nitrogen and oxygen atoms in total. The molecule has 0 heteroatoms. The molecule has 1 atom stereocenters. The number of rotatable bonds is 17. The van der Waals surface area contributed by atoms with Crippen LogP contribution < -0.4 is 0 Å². The highest BCUT2D eigenvalue weighted by Gasteiger charge is 2.06. The van der Waals surface area contributed by atoms with Gasteiger partial charge >= 0.3 is 0 Å². The van der Waals surface area contributed by atoms with Crippen LogP contribution in [0.15, 0.2) is 12.2 Å². The van der Waals surface area contributed by atoms with Gasteiger partial charge in [0.2, 0.25) is 0 Å². The number of unbranched alkanes of at least 4 members (excludes halogenated alkanes) is 10. The molecular formula is C22H42. The van der Waals surface area contributed by atoms with Crippen LogP contribution in [0.2, 0.25) is 0 Å². The number of hydrogen-bond donors (Lipinski definition) is 0. The Bertz CT molecular complexity index is 216. The van der Waals surface area contributed by atoms with Gasteiger partial charge in [0.1, 0.15) is 0 Å². The lowest BCUT2D eigenvalue weighted by molar-refractivity contribution is 0.414. The monoisotopic (exact) mass is 306 g/mol. The molecule has 0 fully saturated rings. The summed E-state index contributed by atoms with van der Waals surface area (Å²) in [6.45, 7) is 10.1. The minimum absolute atomic E-state index is 0.934. The Balaban J connectivity index is 3.70. The van der Waals surface area contributed by atoms with Crippen LogP contribution in [0.5, 0.6) is 0 Å². The van der Waals surface area contributed by atoms with Crippen molar-refractivity contribution in [1.82, 2.24) is 0 Å². The van der Waals surface area contributed by atoms with Crippen molar-refractivity contribution in [2.24, 2.45) is 5.92 Å². The molecule has 0 amide bonds. The Morgan fingerprint density at radius 2 is 1.27 bits per heavy atom. The molecule has 0 spiro atoms. The maximum atomic E-state index is 3.92. The van der Waals surface area contributed by atoms with Crippen LogP contribution in [0, 0.1) is 19.8 Å². The van der Waals surface area contributed by atoms with Crippen molar-refractivity contribution in [2.45, 2.75) is 110 Å². The van der Waals surface area contributed by atoms with Crippen molar-refractivity contribution in [3.05, 3.63) is 26.0 Å². The zero-order valence-corrected chi connectivity index (χ0v) is 15.5. The normalized spacial score (nSPS) is 13.0. The average molecular weight is 307 g/mol. The molecule has 22 heavy (non-hydrogen) atoms. The zero-order chi connectivity index (χ0) is 16.3. The summed E-state index contributed by atoms with van der Waals surface area (Å²) in [6, 6.07) is 0. The Kier molecular flexibility index (Phi) is 18.6. The summed E-state index contributed by atoms with van der Waals surface area (Å²) in [4.78, 5) is 0. The minimum Gasteiger partial charge on any atom is -0.0885 e. The second-order valence-electron chi connectivity index (χ2n) is 6.83. The molecule has 1 unspecified atom stereocenters. The molecule has 0 aliphatic heterocycles. The van der Waals surface area contributed by atoms with Gasteiger partial charge in [-0.2, -0.15) is 0 Å². The van der Waals surface area contributed by atoms with Gasteiger partial charge in [0, 0.05) is 0 Å². The first kappa shape index (κ1) is 21.7. The molecule has 0 bridgehead atoms. The largest absolute Gasteiger partial charge is 0.0885 e. The highest BCUT2D eigenvalue weighted by molar-refractivity contribution is 4.84. The van der Waals surface area contributed by atoms with E-state index in [9.17, 15) is 0 Å². The van der Waals surface area contributed by atoms with E-state index in [-0.39, 0.29) is 0 Å². The van der Waals surface area contributed by atoms with Gasteiger partial charge in [0.25, 0.3) is 0 Å². The lowest BCUT2D eigenvalue weighted by atomic mass is 9.92. The van der Waals surface area contributed by atoms with E-state index in [0.29, 0.717) is 0 Å². The predicted molar refractivity (Wildman–Crippen MR) is 103 cm³/mol. The average Bonchev–Trinajstić information content (AvgIpc) is 2.54. The van der Waals surface area contributed by atoms with Gasteiger partial charge in [-0.15, -0.1) is 0 Å². The summed E-state index contributed by atoms with van der Waals surface area (Å²) in [5.41, 5.74) is 0. The third-order valence-electron chi connectivity index (χ3n) is 4.59. The third-order valence-corrected chi connectivity index (χ3v) is 4.59. The summed E-state index contributed by atoms with van der Waals surface area (Å²) in [5.74, 6) is 0.934. The zero-order valence-electron chi connectivity index (χ0n) is 15.5. The minimum atomic E-state index is 0.934. The molecule has 0 heterocycles. The SMILES string of the molecule is [CH2]CCCCCC=CCC(CCCC)CCCCCCC[CH2]. The first-order valence-electron chi connectivity index (χ1n) is 10.1. The summed E-state index contributed by atoms with van der Waals surface area (Å²) < 4.78 is 0. The lowest BCUT2D eigenvalue weighted by Crippen LogP contribution is -1.99. The second-order valence-corrected chi connectivity index (χ2v) is 6.83. The van der Waals surface area contributed by atoms with Crippen LogP contribution in [0.25, 0.3) is 0 Å². The summed E-state index contributed by atoms with van der Waals surface area (Å²) in [6.07, 6.45) is 26.3. The first-order chi connectivity index (χ1) is 10.8. The Labute approximate surface area is 142 Å². The fourth-order valence-electron chi connectivity index (χ4n) is 3.04. The molecule has 0 N–H and O–H groups in total. The van der Waals surface area contributed by atoms with Crippen molar-refractivity contribution in [3.8, 4) is 0 Å². The Morgan fingerprint density at radius 1 is 0.682 bits per heavy atom. The van der Waals surface area contributed by atoms with Gasteiger partial charge in [0.15, 0.2) is 0 Å². The van der Waals surface area contributed by atoms with E-state index in [1.807, 2.05) is 0 Å². The molecule has 2 radical (unpaired) electrons. The smallest absolute Gasteiger partial charge is 0.0322 e. The van der Waals surface area contributed by atoms with E-state index in [1.165, 1.54) is 89.9 Å².